The molecule has 0 bridgehead atoms. The monoisotopic (exact) mass is 266 g/mol. The Balaban J connectivity index is -0.000000245. The second kappa shape index (κ2) is 8.32. The molecule has 0 aromatic carbocycles. The van der Waals surface area contributed by atoms with Crippen molar-refractivity contribution in [2.45, 2.75) is 0 Å². The summed E-state index contributed by atoms with van der Waals surface area (Å²) in [6.45, 7) is 0. The topological polar surface area (TPSA) is 107 Å². The first-order valence-electron chi connectivity index (χ1n) is 1.35. The maximum Gasteiger partial charge on any atom is 0 e. The molecule has 0 aliphatic carbocycles. The molecular weight excluding hydrogens is 262 g/mol. The van der Waals surface area contributed by atoms with E-state index in [1.54, 1.807) is 0 Å². The van der Waals surface area contributed by atoms with Gasteiger partial charge in [0.15, 0.2) is 0 Å². The predicted octanol–water partition coefficient (Wildman–Crippen LogP) is -1.34. The summed E-state index contributed by atoms with van der Waals surface area (Å²) < 4.78 is 12.9. The van der Waals surface area contributed by atoms with Gasteiger partial charge in [-0.1, -0.05) is 0 Å². The van der Waals surface area contributed by atoms with Crippen LogP contribution in [-0.2, 0) is 28.4 Å². The molecule has 54 valence electrons. The van der Waals surface area contributed by atoms with Crippen molar-refractivity contribution in [1.29, 1.82) is 0 Å². The average Bonchev–Trinajstić information content (AvgIpc) is 1.21. The molecule has 0 fully saturated rings. The maximum absolute atomic E-state index is 9.61. The third-order valence-corrected chi connectivity index (χ3v) is 1.61. The Labute approximate surface area is 114 Å². The van der Waals surface area contributed by atoms with Crippen molar-refractivity contribution < 1.29 is 47.9 Å². The van der Waals surface area contributed by atoms with E-state index in [1.165, 1.54) is 0 Å². The molecule has 0 unspecified atom stereocenters. The van der Waals surface area contributed by atoms with Crippen molar-refractivity contribution in [3.63, 3.8) is 0 Å². The fourth-order valence-electron chi connectivity index (χ4n) is 0.0951. The van der Waals surface area contributed by atoms with Crippen LogP contribution in [0.4, 0.5) is 0 Å². The van der Waals surface area contributed by atoms with Crippen molar-refractivity contribution in [3.05, 3.63) is 0 Å². The van der Waals surface area contributed by atoms with Gasteiger partial charge in [0.25, 0.3) is 0 Å². The second-order valence-electron chi connectivity index (χ2n) is 0.825. The van der Waals surface area contributed by atoms with E-state index < -0.39 is 16.4 Å². The molecule has 0 rings (SSSR count). The molecular formula is H5KO6P2Zn. The molecule has 0 atom stereocenters. The summed E-state index contributed by atoms with van der Waals surface area (Å²) in [4.78, 5) is 31.1. The molecule has 0 saturated carbocycles. The van der Waals surface area contributed by atoms with Crippen LogP contribution in [0.1, 0.15) is 0 Å². The van der Waals surface area contributed by atoms with Crippen LogP contribution in [-0.4, -0.2) is 71.0 Å². The molecule has 0 saturated heterocycles. The fraction of sp³-hybridized carbons (Fsp3) is 0. The third-order valence-electron chi connectivity index (χ3n) is 0.179. The summed E-state index contributed by atoms with van der Waals surface area (Å²) in [5.74, 6) is 0. The van der Waals surface area contributed by atoms with Gasteiger partial charge in [-0.25, -0.2) is 8.88 Å². The standard InChI is InChI=1S/K.H4O6P2.Zn.H/c;1-7(2)6-8(3,4)5;;/h;1-2H,(H2,3,4,5);;. The molecule has 0 aromatic heterocycles. The smallest absolute Gasteiger partial charge is 0 e. The minimum atomic E-state index is -4.69. The minimum absolute atomic E-state index is 0. The van der Waals surface area contributed by atoms with Gasteiger partial charge in [-0.3, -0.25) is 0 Å². The van der Waals surface area contributed by atoms with Gasteiger partial charge in [0.1, 0.15) is 0 Å². The van der Waals surface area contributed by atoms with E-state index in [0.29, 0.717) is 0 Å². The van der Waals surface area contributed by atoms with E-state index in [4.69, 9.17) is 19.6 Å². The Morgan fingerprint density at radius 3 is 1.60 bits per heavy atom. The minimum Gasteiger partial charge on any atom is 0 e. The van der Waals surface area contributed by atoms with Gasteiger partial charge >= 0.3 is 67.8 Å². The molecule has 0 spiro atoms. The number of rotatable bonds is 2. The van der Waals surface area contributed by atoms with Crippen molar-refractivity contribution in [2.75, 3.05) is 0 Å². The van der Waals surface area contributed by atoms with Crippen LogP contribution in [0, 0.1) is 0 Å². The SMILES string of the molecule is O=P(O)(O)OP(O)O.[KH].[Zn]. The quantitative estimate of drug-likeness (QED) is 0.364. The van der Waals surface area contributed by atoms with Gasteiger partial charge in [0.05, 0.1) is 0 Å². The Morgan fingerprint density at radius 1 is 1.30 bits per heavy atom. The molecule has 0 radical (unpaired) electrons. The van der Waals surface area contributed by atoms with Gasteiger partial charge in [0.2, 0.25) is 0 Å². The van der Waals surface area contributed by atoms with Crippen LogP contribution in [0.15, 0.2) is 0 Å². The van der Waals surface area contributed by atoms with E-state index in [2.05, 4.69) is 4.31 Å². The van der Waals surface area contributed by atoms with Gasteiger partial charge in [-0.05, 0) is 0 Å². The third kappa shape index (κ3) is 17.0. The summed E-state index contributed by atoms with van der Waals surface area (Å²) in [5, 5.41) is 0. The summed E-state index contributed by atoms with van der Waals surface area (Å²) in [6.07, 6.45) is 0. The summed E-state index contributed by atoms with van der Waals surface area (Å²) in [7, 11) is -7.64. The predicted molar refractivity (Wildman–Crippen MR) is 31.6 cm³/mol. The normalized spacial score (nSPS) is 10.1. The van der Waals surface area contributed by atoms with E-state index in [9.17, 15) is 4.57 Å². The van der Waals surface area contributed by atoms with Gasteiger partial charge in [-0.15, -0.1) is 0 Å². The van der Waals surface area contributed by atoms with Gasteiger partial charge in [-0.2, -0.15) is 0 Å². The van der Waals surface area contributed by atoms with Crippen LogP contribution in [0.2, 0.25) is 0 Å². The number of hydrogen-bond donors (Lipinski definition) is 4. The zero-order chi connectivity index (χ0) is 6.78. The van der Waals surface area contributed by atoms with Crippen LogP contribution >= 0.6 is 16.4 Å². The summed E-state index contributed by atoms with van der Waals surface area (Å²) >= 11 is 0. The Bertz CT molecular complexity index is 108. The van der Waals surface area contributed by atoms with Gasteiger partial charge < -0.3 is 19.6 Å². The van der Waals surface area contributed by atoms with E-state index in [0.717, 1.165) is 0 Å². The molecule has 0 aromatic rings. The molecule has 0 aliphatic rings. The van der Waals surface area contributed by atoms with Crippen LogP contribution in [0.3, 0.4) is 0 Å². The molecule has 0 amide bonds. The fourth-order valence-corrected chi connectivity index (χ4v) is 0.856. The Kier molecular flexibility index (Phi) is 15.4. The average molecular weight is 267 g/mol. The second-order valence-corrected chi connectivity index (χ2v) is 2.96. The van der Waals surface area contributed by atoms with Crippen molar-refractivity contribution in [2.24, 2.45) is 0 Å². The van der Waals surface area contributed by atoms with Crippen LogP contribution in [0.25, 0.3) is 0 Å². The molecule has 10 heavy (non-hydrogen) atoms. The number of hydrogen-bond acceptors (Lipinski definition) is 4. The first-order valence-corrected chi connectivity index (χ1v) is 4.04. The largest absolute Gasteiger partial charge is 0 e. The molecule has 0 heterocycles. The zero-order valence-corrected chi connectivity index (χ0v) is 8.96. The Morgan fingerprint density at radius 2 is 1.60 bits per heavy atom. The first kappa shape index (κ1) is 18.5. The molecule has 10 heteroatoms. The van der Waals surface area contributed by atoms with Gasteiger partial charge in [0, 0.05) is 19.5 Å². The maximum atomic E-state index is 9.61. The number of phosphoric acid groups is 1. The Hall–Kier alpha value is 2.72. The van der Waals surface area contributed by atoms with Crippen LogP contribution in [0.5, 0.6) is 0 Å². The van der Waals surface area contributed by atoms with E-state index >= 15 is 0 Å². The molecule has 4 N–H and O–H groups in total. The van der Waals surface area contributed by atoms with Crippen LogP contribution < -0.4 is 0 Å². The van der Waals surface area contributed by atoms with Crippen molar-refractivity contribution >= 4 is 67.8 Å². The van der Waals surface area contributed by atoms with E-state index in [1.807, 2.05) is 0 Å². The van der Waals surface area contributed by atoms with E-state index in [-0.39, 0.29) is 70.9 Å². The first-order chi connectivity index (χ1) is 3.42. The zero-order valence-electron chi connectivity index (χ0n) is 4.21. The molecule has 0 aliphatic heterocycles. The summed E-state index contributed by atoms with van der Waals surface area (Å²) in [5.41, 5.74) is 0. The van der Waals surface area contributed by atoms with Crippen molar-refractivity contribution in [1.82, 2.24) is 0 Å². The van der Waals surface area contributed by atoms with Crippen molar-refractivity contribution in [3.8, 4) is 0 Å². The molecule has 6 nitrogen and oxygen atoms in total. The summed E-state index contributed by atoms with van der Waals surface area (Å²) in [6, 6.07) is 0.